The number of nitrogens with zero attached hydrogens (tertiary/aromatic N) is 4. The number of ether oxygens (including phenoxy) is 2. The zero-order valence-corrected chi connectivity index (χ0v) is 16.8. The van der Waals surface area contributed by atoms with Crippen molar-refractivity contribution in [1.29, 1.82) is 0 Å². The molecule has 0 aliphatic heterocycles. The molecule has 1 N–H and O–H groups in total. The van der Waals surface area contributed by atoms with Crippen LogP contribution in [0.3, 0.4) is 0 Å². The highest BCUT2D eigenvalue weighted by molar-refractivity contribution is 5.93. The van der Waals surface area contributed by atoms with E-state index in [1.165, 1.54) is 6.33 Å². The van der Waals surface area contributed by atoms with E-state index in [9.17, 15) is 4.79 Å². The van der Waals surface area contributed by atoms with Crippen molar-refractivity contribution >= 4 is 11.7 Å². The summed E-state index contributed by atoms with van der Waals surface area (Å²) in [5.74, 6) is 1.60. The van der Waals surface area contributed by atoms with Crippen LogP contribution in [0.4, 0.5) is 0 Å². The number of nitrogens with one attached hydrogen (secondary N) is 1. The van der Waals surface area contributed by atoms with E-state index < -0.39 is 0 Å². The maximum Gasteiger partial charge on any atom is 0.270 e. The number of hydrogen-bond acceptors (Lipinski definition) is 6. The van der Waals surface area contributed by atoms with E-state index in [1.54, 1.807) is 17.7 Å². The van der Waals surface area contributed by atoms with E-state index in [1.807, 2.05) is 31.2 Å². The van der Waals surface area contributed by atoms with Gasteiger partial charge in [0.15, 0.2) is 0 Å². The summed E-state index contributed by atoms with van der Waals surface area (Å²) in [6, 6.07) is 8.85. The van der Waals surface area contributed by atoms with Gasteiger partial charge in [-0.1, -0.05) is 20.8 Å². The molecular weight excluding hydrogens is 358 g/mol. The molecule has 1 aromatic carbocycles. The molecule has 148 valence electrons. The van der Waals surface area contributed by atoms with Crippen molar-refractivity contribution in [3.8, 4) is 11.5 Å². The van der Waals surface area contributed by atoms with Gasteiger partial charge in [-0.25, -0.2) is 9.50 Å². The second-order valence-electron chi connectivity index (χ2n) is 7.61. The Kier molecular flexibility index (Phi) is 5.48. The van der Waals surface area contributed by atoms with Crippen LogP contribution in [-0.4, -0.2) is 45.2 Å². The maximum absolute atomic E-state index is 12.7. The number of benzene rings is 1. The molecule has 1 amide bonds. The molecule has 0 radical (unpaired) electrons. The fraction of sp³-hybridized carbons (Fsp3) is 0.400. The molecule has 0 saturated heterocycles. The van der Waals surface area contributed by atoms with Gasteiger partial charge in [-0.15, -0.1) is 0 Å². The number of aromatic nitrogens is 4. The van der Waals surface area contributed by atoms with E-state index in [0.29, 0.717) is 23.8 Å². The summed E-state index contributed by atoms with van der Waals surface area (Å²) in [4.78, 5) is 21.1. The number of hydrogen-bond donors (Lipinski definition) is 1. The Morgan fingerprint density at radius 2 is 1.89 bits per heavy atom. The van der Waals surface area contributed by atoms with Crippen LogP contribution < -0.4 is 14.8 Å². The van der Waals surface area contributed by atoms with Crippen molar-refractivity contribution in [3.63, 3.8) is 0 Å². The summed E-state index contributed by atoms with van der Waals surface area (Å²) >= 11 is 0. The van der Waals surface area contributed by atoms with Crippen LogP contribution >= 0.6 is 0 Å². The normalized spacial score (nSPS) is 12.6. The minimum atomic E-state index is -0.276. The number of methoxy groups -OCH3 is 1. The predicted octanol–water partition coefficient (Wildman–Crippen LogP) is 2.63. The van der Waals surface area contributed by atoms with Crippen molar-refractivity contribution in [1.82, 2.24) is 24.9 Å². The van der Waals surface area contributed by atoms with Crippen LogP contribution in [-0.2, 0) is 5.41 Å². The summed E-state index contributed by atoms with van der Waals surface area (Å²) in [5.41, 5.74) is 0.955. The Balaban J connectivity index is 1.68. The number of rotatable bonds is 6. The SMILES string of the molecule is COc1ccc(OCC(C)NC(=O)c2cc(C(C)(C)C)n3ncnc3n2)cc1. The molecule has 3 aromatic rings. The van der Waals surface area contributed by atoms with E-state index in [-0.39, 0.29) is 17.4 Å². The van der Waals surface area contributed by atoms with Gasteiger partial charge in [0.05, 0.1) is 18.8 Å². The van der Waals surface area contributed by atoms with Gasteiger partial charge in [0, 0.05) is 5.41 Å². The van der Waals surface area contributed by atoms with Gasteiger partial charge in [0.25, 0.3) is 11.7 Å². The molecule has 0 spiro atoms. The molecule has 0 bridgehead atoms. The smallest absolute Gasteiger partial charge is 0.270 e. The lowest BCUT2D eigenvalue weighted by molar-refractivity contribution is 0.0921. The Labute approximate surface area is 163 Å². The van der Waals surface area contributed by atoms with E-state index >= 15 is 0 Å². The number of fused-ring (bicyclic) bond motifs is 1. The third-order valence-electron chi connectivity index (χ3n) is 4.19. The molecule has 1 unspecified atom stereocenters. The Bertz CT molecular complexity index is 960. The summed E-state index contributed by atoms with van der Waals surface area (Å²) < 4.78 is 12.5. The van der Waals surface area contributed by atoms with Crippen molar-refractivity contribution in [2.24, 2.45) is 0 Å². The van der Waals surface area contributed by atoms with Crippen LogP contribution in [0, 0.1) is 0 Å². The number of carbonyl (C=O) groups is 1. The number of carbonyl (C=O) groups excluding carboxylic acids is 1. The third kappa shape index (κ3) is 4.39. The van der Waals surface area contributed by atoms with Gasteiger partial charge in [-0.3, -0.25) is 4.79 Å². The first-order valence-electron chi connectivity index (χ1n) is 9.07. The molecule has 2 aromatic heterocycles. The molecule has 0 fully saturated rings. The minimum Gasteiger partial charge on any atom is -0.497 e. The van der Waals surface area contributed by atoms with Crippen LogP contribution in [0.5, 0.6) is 11.5 Å². The highest BCUT2D eigenvalue weighted by Crippen LogP contribution is 2.22. The Hall–Kier alpha value is -3.16. The fourth-order valence-corrected chi connectivity index (χ4v) is 2.70. The lowest BCUT2D eigenvalue weighted by Crippen LogP contribution is -2.37. The van der Waals surface area contributed by atoms with Gasteiger partial charge < -0.3 is 14.8 Å². The molecule has 0 aliphatic carbocycles. The van der Waals surface area contributed by atoms with Crippen molar-refractivity contribution in [2.45, 2.75) is 39.2 Å². The van der Waals surface area contributed by atoms with Crippen LogP contribution in [0.15, 0.2) is 36.7 Å². The second-order valence-corrected chi connectivity index (χ2v) is 7.61. The van der Waals surface area contributed by atoms with Gasteiger partial charge in [0.1, 0.15) is 30.1 Å². The highest BCUT2D eigenvalue weighted by atomic mass is 16.5. The molecule has 0 saturated carbocycles. The van der Waals surface area contributed by atoms with E-state index in [0.717, 1.165) is 11.4 Å². The monoisotopic (exact) mass is 383 g/mol. The largest absolute Gasteiger partial charge is 0.497 e. The Morgan fingerprint density at radius 3 is 2.54 bits per heavy atom. The molecule has 28 heavy (non-hydrogen) atoms. The van der Waals surface area contributed by atoms with Crippen molar-refractivity contribution in [3.05, 3.63) is 48.0 Å². The molecule has 1 atom stereocenters. The summed E-state index contributed by atoms with van der Waals surface area (Å²) in [6.07, 6.45) is 1.44. The van der Waals surface area contributed by atoms with Crippen molar-refractivity contribution < 1.29 is 14.3 Å². The second kappa shape index (κ2) is 7.84. The zero-order valence-electron chi connectivity index (χ0n) is 16.8. The van der Waals surface area contributed by atoms with E-state index in [2.05, 4.69) is 41.2 Å². The lowest BCUT2D eigenvalue weighted by Gasteiger charge is -2.20. The van der Waals surface area contributed by atoms with Crippen LogP contribution in [0.1, 0.15) is 43.9 Å². The Morgan fingerprint density at radius 1 is 1.21 bits per heavy atom. The summed E-state index contributed by atoms with van der Waals surface area (Å²) in [6.45, 7) is 8.36. The average molecular weight is 383 g/mol. The first-order valence-corrected chi connectivity index (χ1v) is 9.07. The predicted molar refractivity (Wildman–Crippen MR) is 105 cm³/mol. The minimum absolute atomic E-state index is 0.205. The number of amides is 1. The van der Waals surface area contributed by atoms with Crippen molar-refractivity contribution in [2.75, 3.05) is 13.7 Å². The van der Waals surface area contributed by atoms with Crippen LogP contribution in [0.2, 0.25) is 0 Å². The zero-order chi connectivity index (χ0) is 20.3. The van der Waals surface area contributed by atoms with Gasteiger partial charge in [-0.05, 0) is 37.3 Å². The first kappa shape index (κ1) is 19.6. The summed E-state index contributed by atoms with van der Waals surface area (Å²) in [5, 5.41) is 7.12. The fourth-order valence-electron chi connectivity index (χ4n) is 2.70. The van der Waals surface area contributed by atoms with Gasteiger partial charge >= 0.3 is 0 Å². The molecule has 3 rings (SSSR count). The standard InChI is InChI=1S/C20H25N5O3/c1-13(11-28-15-8-6-14(27-5)7-9-15)23-18(26)16-10-17(20(2,3)4)25-19(24-16)21-12-22-25/h6-10,12-13H,11H2,1-5H3,(H,23,26). The highest BCUT2D eigenvalue weighted by Gasteiger charge is 2.23. The molecule has 2 heterocycles. The molecule has 8 nitrogen and oxygen atoms in total. The third-order valence-corrected chi connectivity index (χ3v) is 4.19. The molecular formula is C20H25N5O3. The average Bonchev–Trinajstić information content (AvgIpc) is 3.13. The van der Waals surface area contributed by atoms with Gasteiger partial charge in [-0.2, -0.15) is 10.1 Å². The molecule has 8 heteroatoms. The van der Waals surface area contributed by atoms with E-state index in [4.69, 9.17) is 9.47 Å². The molecule has 0 aliphatic rings. The lowest BCUT2D eigenvalue weighted by atomic mass is 9.91. The summed E-state index contributed by atoms with van der Waals surface area (Å²) in [7, 11) is 1.61. The first-order chi connectivity index (χ1) is 13.3. The van der Waals surface area contributed by atoms with Gasteiger partial charge in [0.2, 0.25) is 0 Å². The quantitative estimate of drug-likeness (QED) is 0.704. The maximum atomic E-state index is 12.7. The van der Waals surface area contributed by atoms with Crippen LogP contribution in [0.25, 0.3) is 5.78 Å². The topological polar surface area (TPSA) is 90.6 Å².